The van der Waals surface area contributed by atoms with Gasteiger partial charge in [-0.1, -0.05) is 6.07 Å². The van der Waals surface area contributed by atoms with Gasteiger partial charge in [0.25, 0.3) is 0 Å². The molecular formula is C16H20N2O2S. The molecule has 0 aromatic carbocycles. The molecule has 112 valence electrons. The summed E-state index contributed by atoms with van der Waals surface area (Å²) in [7, 11) is 4.08. The average Bonchev–Trinajstić information content (AvgIpc) is 2.90. The Labute approximate surface area is 128 Å². The maximum atomic E-state index is 12.2. The van der Waals surface area contributed by atoms with Gasteiger partial charge < -0.3 is 14.6 Å². The number of amides is 1. The third-order valence-corrected chi connectivity index (χ3v) is 4.97. The van der Waals surface area contributed by atoms with Gasteiger partial charge in [-0.2, -0.15) is 0 Å². The summed E-state index contributed by atoms with van der Waals surface area (Å²) < 4.78 is 5.37. The molecule has 0 radical (unpaired) electrons. The fourth-order valence-corrected chi connectivity index (χ4v) is 3.57. The molecule has 1 amide bonds. The molecule has 0 spiro atoms. The Hall–Kier alpha value is -1.59. The highest BCUT2D eigenvalue weighted by Crippen LogP contribution is 2.47. The van der Waals surface area contributed by atoms with Crippen LogP contribution in [0.15, 0.2) is 40.3 Å². The van der Waals surface area contributed by atoms with E-state index in [1.54, 1.807) is 17.6 Å². The molecule has 1 fully saturated rings. The molecule has 1 saturated carbocycles. The number of carbonyl (C=O) groups excluding carboxylic acids is 1. The lowest BCUT2D eigenvalue weighted by Gasteiger charge is -2.23. The fraction of sp³-hybridized carbons (Fsp3) is 0.438. The minimum atomic E-state index is 0.0716. The Morgan fingerprint density at radius 1 is 1.48 bits per heavy atom. The molecule has 3 unspecified atom stereocenters. The molecule has 0 aliphatic heterocycles. The number of thiophene rings is 1. The third kappa shape index (κ3) is 3.19. The Balaban J connectivity index is 1.54. The van der Waals surface area contributed by atoms with Crippen LogP contribution in [-0.2, 0) is 4.79 Å². The first-order chi connectivity index (χ1) is 10.2. The predicted octanol–water partition coefficient (Wildman–Crippen LogP) is 2.86. The molecule has 5 heteroatoms. The van der Waals surface area contributed by atoms with Crippen LogP contribution in [0, 0.1) is 5.92 Å². The van der Waals surface area contributed by atoms with Crippen molar-refractivity contribution >= 4 is 17.2 Å². The number of furan rings is 1. The van der Waals surface area contributed by atoms with Gasteiger partial charge >= 0.3 is 0 Å². The summed E-state index contributed by atoms with van der Waals surface area (Å²) in [6.07, 6.45) is 2.56. The van der Waals surface area contributed by atoms with E-state index in [4.69, 9.17) is 4.42 Å². The molecule has 3 rings (SSSR count). The minimum absolute atomic E-state index is 0.0716. The van der Waals surface area contributed by atoms with Crippen molar-refractivity contribution in [2.45, 2.75) is 18.4 Å². The van der Waals surface area contributed by atoms with Crippen molar-refractivity contribution < 1.29 is 9.21 Å². The molecule has 0 saturated heterocycles. The molecule has 3 atom stereocenters. The molecule has 1 N–H and O–H groups in total. The largest absolute Gasteiger partial charge is 0.469 e. The highest BCUT2D eigenvalue weighted by molar-refractivity contribution is 7.10. The smallest absolute Gasteiger partial charge is 0.223 e. The Kier molecular flexibility index (Phi) is 4.12. The van der Waals surface area contributed by atoms with Crippen LogP contribution < -0.4 is 5.32 Å². The topological polar surface area (TPSA) is 45.5 Å². The minimum Gasteiger partial charge on any atom is -0.469 e. The van der Waals surface area contributed by atoms with Gasteiger partial charge in [-0.15, -0.1) is 11.3 Å². The standard InChI is InChI=1S/C16H20N2O2S/c1-18(2)13(15-6-4-8-21-15)10-17-16(19)12-9-11(12)14-5-3-7-20-14/h3-8,11-13H,9-10H2,1-2H3,(H,17,19). The normalized spacial score (nSPS) is 22.2. The molecule has 1 aliphatic rings. The van der Waals surface area contributed by atoms with Crippen molar-refractivity contribution in [1.29, 1.82) is 0 Å². The molecule has 2 aromatic rings. The second-order valence-electron chi connectivity index (χ2n) is 5.70. The van der Waals surface area contributed by atoms with E-state index in [0.717, 1.165) is 12.2 Å². The van der Waals surface area contributed by atoms with E-state index in [2.05, 4.69) is 21.7 Å². The van der Waals surface area contributed by atoms with Gasteiger partial charge in [0.2, 0.25) is 5.91 Å². The lowest BCUT2D eigenvalue weighted by Crippen LogP contribution is -2.35. The third-order valence-electron chi connectivity index (χ3n) is 4.00. The summed E-state index contributed by atoms with van der Waals surface area (Å²) in [6.45, 7) is 0.647. The zero-order valence-electron chi connectivity index (χ0n) is 12.3. The maximum Gasteiger partial charge on any atom is 0.223 e. The Bertz CT molecular complexity index is 577. The van der Waals surface area contributed by atoms with Gasteiger partial charge in [-0.3, -0.25) is 4.79 Å². The van der Waals surface area contributed by atoms with E-state index in [-0.39, 0.29) is 23.8 Å². The highest BCUT2D eigenvalue weighted by atomic mass is 32.1. The van der Waals surface area contributed by atoms with Gasteiger partial charge in [0, 0.05) is 23.3 Å². The van der Waals surface area contributed by atoms with Crippen molar-refractivity contribution in [2.24, 2.45) is 5.92 Å². The van der Waals surface area contributed by atoms with Crippen LogP contribution in [0.4, 0.5) is 0 Å². The second-order valence-corrected chi connectivity index (χ2v) is 6.68. The van der Waals surface area contributed by atoms with E-state index in [1.807, 2.05) is 32.3 Å². The van der Waals surface area contributed by atoms with E-state index in [9.17, 15) is 4.79 Å². The molecule has 1 aliphatic carbocycles. The molecule has 0 bridgehead atoms. The van der Waals surface area contributed by atoms with Crippen LogP contribution >= 0.6 is 11.3 Å². The summed E-state index contributed by atoms with van der Waals surface area (Å²) in [6, 6.07) is 8.22. The van der Waals surface area contributed by atoms with Crippen molar-refractivity contribution in [1.82, 2.24) is 10.2 Å². The number of likely N-dealkylation sites (N-methyl/N-ethyl adjacent to an activating group) is 1. The summed E-state index contributed by atoms with van der Waals surface area (Å²) >= 11 is 1.73. The molecule has 2 aromatic heterocycles. The van der Waals surface area contributed by atoms with E-state index in [1.165, 1.54) is 4.88 Å². The van der Waals surface area contributed by atoms with Crippen LogP contribution in [0.2, 0.25) is 0 Å². The van der Waals surface area contributed by atoms with Crippen molar-refractivity contribution in [3.8, 4) is 0 Å². The zero-order valence-corrected chi connectivity index (χ0v) is 13.1. The number of hydrogen-bond acceptors (Lipinski definition) is 4. The zero-order chi connectivity index (χ0) is 14.8. The first-order valence-corrected chi connectivity index (χ1v) is 8.05. The fourth-order valence-electron chi connectivity index (χ4n) is 2.65. The van der Waals surface area contributed by atoms with Crippen LogP contribution in [0.3, 0.4) is 0 Å². The summed E-state index contributed by atoms with van der Waals surface area (Å²) in [5, 5.41) is 5.16. The summed E-state index contributed by atoms with van der Waals surface area (Å²) in [4.78, 5) is 15.7. The second kappa shape index (κ2) is 6.03. The average molecular weight is 304 g/mol. The van der Waals surface area contributed by atoms with Crippen LogP contribution in [0.1, 0.15) is 29.0 Å². The number of hydrogen-bond donors (Lipinski definition) is 1. The van der Waals surface area contributed by atoms with Gasteiger partial charge in [0.05, 0.1) is 12.3 Å². The van der Waals surface area contributed by atoms with Crippen molar-refractivity contribution in [2.75, 3.05) is 20.6 Å². The number of nitrogens with zero attached hydrogens (tertiary/aromatic N) is 1. The first kappa shape index (κ1) is 14.4. The molecule has 21 heavy (non-hydrogen) atoms. The van der Waals surface area contributed by atoms with Gasteiger partial charge in [0.15, 0.2) is 0 Å². The monoisotopic (exact) mass is 304 g/mol. The van der Waals surface area contributed by atoms with Crippen LogP contribution in [0.25, 0.3) is 0 Å². The van der Waals surface area contributed by atoms with Gasteiger partial charge in [-0.05, 0) is 44.1 Å². The lowest BCUT2D eigenvalue weighted by atomic mass is 10.2. The number of nitrogens with one attached hydrogen (secondary N) is 1. The number of carbonyl (C=O) groups is 1. The summed E-state index contributed by atoms with van der Waals surface area (Å²) in [5.74, 6) is 1.40. The maximum absolute atomic E-state index is 12.2. The van der Waals surface area contributed by atoms with E-state index < -0.39 is 0 Å². The van der Waals surface area contributed by atoms with E-state index in [0.29, 0.717) is 6.54 Å². The predicted molar refractivity (Wildman–Crippen MR) is 83.3 cm³/mol. The van der Waals surface area contributed by atoms with Gasteiger partial charge in [0.1, 0.15) is 5.76 Å². The van der Waals surface area contributed by atoms with Crippen LogP contribution in [-0.4, -0.2) is 31.4 Å². The number of rotatable bonds is 6. The van der Waals surface area contributed by atoms with Crippen molar-refractivity contribution in [3.05, 3.63) is 46.5 Å². The Morgan fingerprint density at radius 3 is 2.95 bits per heavy atom. The first-order valence-electron chi connectivity index (χ1n) is 7.17. The van der Waals surface area contributed by atoms with E-state index >= 15 is 0 Å². The Morgan fingerprint density at radius 2 is 2.33 bits per heavy atom. The summed E-state index contributed by atoms with van der Waals surface area (Å²) in [5.41, 5.74) is 0. The SMILES string of the molecule is CN(C)C(CNC(=O)C1CC1c1ccco1)c1cccs1. The lowest BCUT2D eigenvalue weighted by molar-refractivity contribution is -0.122. The quantitative estimate of drug-likeness (QED) is 0.892. The molecule has 2 heterocycles. The highest BCUT2D eigenvalue weighted by Gasteiger charge is 2.45. The van der Waals surface area contributed by atoms with Crippen LogP contribution in [0.5, 0.6) is 0 Å². The van der Waals surface area contributed by atoms with Crippen molar-refractivity contribution in [3.63, 3.8) is 0 Å². The van der Waals surface area contributed by atoms with Gasteiger partial charge in [-0.25, -0.2) is 0 Å². The molecule has 4 nitrogen and oxygen atoms in total. The molecular weight excluding hydrogens is 284 g/mol.